The fraction of sp³-hybridized carbons (Fsp3) is 0.452. The van der Waals surface area contributed by atoms with E-state index in [1.54, 1.807) is 39.8 Å². The summed E-state index contributed by atoms with van der Waals surface area (Å²) in [5.41, 5.74) is 9.90. The van der Waals surface area contributed by atoms with Crippen LogP contribution in [0.1, 0.15) is 57.2 Å². The number of hydrogen-bond acceptors (Lipinski definition) is 10. The highest BCUT2D eigenvalue weighted by molar-refractivity contribution is 5.96. The fourth-order valence-corrected chi connectivity index (χ4v) is 4.82. The number of rotatable bonds is 15. The lowest BCUT2D eigenvalue weighted by Crippen LogP contribution is -2.53. The number of carboxylic acids is 1. The molecular weight excluding hydrogens is 614 g/mol. The summed E-state index contributed by atoms with van der Waals surface area (Å²) in [6, 6.07) is 7.91. The number of aliphatic imine (C=N–C) groups is 1. The third kappa shape index (κ3) is 8.59. The van der Waals surface area contributed by atoms with Crippen molar-refractivity contribution in [3.63, 3.8) is 0 Å². The number of guanidine groups is 1. The Kier molecular flexibility index (Phi) is 11.6. The molecule has 0 fully saturated rings. The Morgan fingerprint density at radius 2 is 1.72 bits per heavy atom. The normalized spacial score (nSPS) is 16.3. The summed E-state index contributed by atoms with van der Waals surface area (Å²) in [6.07, 6.45) is 0.168. The number of hydroxylamine groups is 3. The van der Waals surface area contributed by atoms with Crippen LogP contribution in [0, 0.1) is 5.21 Å². The van der Waals surface area contributed by atoms with Crippen LogP contribution in [0.5, 0.6) is 11.5 Å². The van der Waals surface area contributed by atoms with E-state index in [0.29, 0.717) is 11.1 Å². The molecule has 1 aliphatic rings. The number of amides is 2. The van der Waals surface area contributed by atoms with E-state index in [2.05, 4.69) is 15.6 Å². The highest BCUT2D eigenvalue weighted by atomic mass is 16.5. The molecule has 0 saturated carbocycles. The number of aliphatic hydroxyl groups is 1. The van der Waals surface area contributed by atoms with Crippen LogP contribution in [0.3, 0.4) is 0 Å². The van der Waals surface area contributed by atoms with Crippen molar-refractivity contribution in [3.8, 4) is 11.5 Å². The monoisotopic (exact) mass is 657 g/mol. The van der Waals surface area contributed by atoms with Crippen LogP contribution >= 0.6 is 0 Å². The molecule has 3 rings (SSSR count). The smallest absolute Gasteiger partial charge is 0.326 e. The summed E-state index contributed by atoms with van der Waals surface area (Å²) >= 11 is 0. The first kappa shape index (κ1) is 36.4. The Labute approximate surface area is 271 Å². The van der Waals surface area contributed by atoms with Crippen molar-refractivity contribution in [2.75, 3.05) is 13.2 Å². The minimum atomic E-state index is -1.30. The molecule has 0 radical (unpaired) electrons. The van der Waals surface area contributed by atoms with E-state index in [-0.39, 0.29) is 54.7 Å². The van der Waals surface area contributed by atoms with Gasteiger partial charge in [-0.05, 0) is 82.5 Å². The standard InChI is InChI=1S/C31H43N7O9/c1-30(2)31(3,4)38(46)27(37(30)45)19-8-10-21(11-9-19)47-17-25(41)35-23(15-18-7-12-24(40)20(14-18)16-39)26(42)36-22(28(43)44)6-5-13-34-29(32)33/h7-12,14,22-23,39-40,45H,5-6,13,15-17H2,1-4H3,(H,35,41)(H,36,42)(H,43,44)(H4,32,33,34)/t22-,23-/m0/s1. The molecular formula is C31H43N7O9. The Hall–Kier alpha value is -5.09. The molecule has 2 aromatic rings. The van der Waals surface area contributed by atoms with Crippen molar-refractivity contribution in [2.45, 2.75) is 76.7 Å². The maximum Gasteiger partial charge on any atom is 0.326 e. The molecule has 1 heterocycles. The van der Waals surface area contributed by atoms with Gasteiger partial charge in [0.2, 0.25) is 5.91 Å². The third-order valence-corrected chi connectivity index (χ3v) is 8.38. The molecule has 16 nitrogen and oxygen atoms in total. The van der Waals surface area contributed by atoms with E-state index in [1.165, 1.54) is 30.3 Å². The molecule has 0 spiro atoms. The summed E-state index contributed by atoms with van der Waals surface area (Å²) in [7, 11) is 0. The quantitative estimate of drug-likeness (QED) is 0.0418. The minimum Gasteiger partial charge on any atom is -0.714 e. The van der Waals surface area contributed by atoms with Crippen LogP contribution in [0.2, 0.25) is 0 Å². The van der Waals surface area contributed by atoms with Crippen LogP contribution in [0.15, 0.2) is 47.5 Å². The van der Waals surface area contributed by atoms with E-state index in [9.17, 15) is 40.1 Å². The molecule has 0 aromatic heterocycles. The number of nitrogens with two attached hydrogens (primary N) is 2. The van der Waals surface area contributed by atoms with Gasteiger partial charge in [-0.3, -0.25) is 19.3 Å². The van der Waals surface area contributed by atoms with Gasteiger partial charge in [0.15, 0.2) is 18.1 Å². The van der Waals surface area contributed by atoms with Gasteiger partial charge in [-0.25, -0.2) is 10.0 Å². The topological polar surface area (TPSA) is 259 Å². The molecule has 256 valence electrons. The maximum atomic E-state index is 13.3. The van der Waals surface area contributed by atoms with Gasteiger partial charge in [-0.1, -0.05) is 6.07 Å². The van der Waals surface area contributed by atoms with E-state index in [1.807, 2.05) is 0 Å². The van der Waals surface area contributed by atoms with Crippen molar-refractivity contribution in [2.24, 2.45) is 16.5 Å². The average Bonchev–Trinajstić information content (AvgIpc) is 3.13. The first-order valence-electron chi connectivity index (χ1n) is 14.9. The summed E-state index contributed by atoms with van der Waals surface area (Å²) < 4.78 is 6.34. The van der Waals surface area contributed by atoms with Crippen molar-refractivity contribution < 1.29 is 44.4 Å². The van der Waals surface area contributed by atoms with Crippen molar-refractivity contribution in [3.05, 3.63) is 64.4 Å². The number of carbonyl (C=O) groups is 3. The van der Waals surface area contributed by atoms with Crippen LogP contribution in [0.25, 0.3) is 0 Å². The number of aromatic hydroxyl groups is 1. The molecule has 0 aliphatic carbocycles. The fourth-order valence-electron chi connectivity index (χ4n) is 4.82. The van der Waals surface area contributed by atoms with Gasteiger partial charge < -0.3 is 47.4 Å². The number of aliphatic carboxylic acids is 1. The largest absolute Gasteiger partial charge is 0.714 e. The summed E-state index contributed by atoms with van der Waals surface area (Å²) in [4.78, 5) is 41.9. The summed E-state index contributed by atoms with van der Waals surface area (Å²) in [6.45, 7) is 6.12. The first-order valence-corrected chi connectivity index (χ1v) is 14.9. The zero-order valence-electron chi connectivity index (χ0n) is 26.8. The summed E-state index contributed by atoms with van der Waals surface area (Å²) in [5.74, 6) is -2.75. The molecule has 47 heavy (non-hydrogen) atoms. The lowest BCUT2D eigenvalue weighted by Gasteiger charge is -2.33. The molecule has 10 N–H and O–H groups in total. The lowest BCUT2D eigenvalue weighted by molar-refractivity contribution is -0.539. The number of nitrogens with one attached hydrogen (secondary N) is 2. The number of aliphatic hydroxyl groups excluding tert-OH is 1. The number of phenols is 1. The molecule has 16 heteroatoms. The van der Waals surface area contributed by atoms with E-state index < -0.39 is 54.2 Å². The second-order valence-electron chi connectivity index (χ2n) is 12.2. The first-order chi connectivity index (χ1) is 22.0. The second kappa shape index (κ2) is 15.0. The van der Waals surface area contributed by atoms with Gasteiger partial charge in [0.05, 0.1) is 12.2 Å². The Morgan fingerprint density at radius 3 is 2.28 bits per heavy atom. The van der Waals surface area contributed by atoms with Crippen LogP contribution < -0.4 is 26.8 Å². The predicted molar refractivity (Wildman–Crippen MR) is 171 cm³/mol. The molecule has 2 aromatic carbocycles. The van der Waals surface area contributed by atoms with Gasteiger partial charge in [-0.15, -0.1) is 5.06 Å². The van der Waals surface area contributed by atoms with Gasteiger partial charge in [-0.2, -0.15) is 0 Å². The Bertz CT molecular complexity index is 1520. The third-order valence-electron chi connectivity index (χ3n) is 8.38. The summed E-state index contributed by atoms with van der Waals surface area (Å²) in [5, 5.41) is 58.7. The van der Waals surface area contributed by atoms with Crippen LogP contribution in [0.4, 0.5) is 0 Å². The number of carbonyl (C=O) groups excluding carboxylic acids is 2. The van der Waals surface area contributed by atoms with Gasteiger partial charge in [0.1, 0.15) is 29.1 Å². The highest BCUT2D eigenvalue weighted by Gasteiger charge is 2.58. The van der Waals surface area contributed by atoms with Gasteiger partial charge in [0.25, 0.3) is 5.91 Å². The number of carboxylic acid groups (broad SMARTS) is 1. The van der Waals surface area contributed by atoms with Gasteiger partial charge in [0, 0.05) is 18.5 Å². The Balaban J connectivity index is 1.72. The van der Waals surface area contributed by atoms with E-state index in [0.717, 1.165) is 9.80 Å². The number of nitrogens with zero attached hydrogens (tertiary/aromatic N) is 3. The second-order valence-corrected chi connectivity index (χ2v) is 12.2. The molecule has 0 bridgehead atoms. The SMILES string of the molecule is CC1(C)N(O)C(c2ccc(OCC(=O)N[C@@H](Cc3ccc(O)c(CO)c3)C(=O)N[C@@H](CCCN=C(N)N)C(=O)O)cc2)=[N+]([O-])C1(C)C. The lowest BCUT2D eigenvalue weighted by atomic mass is 9.84. The average molecular weight is 658 g/mol. The number of ether oxygens (including phenoxy) is 1. The maximum absolute atomic E-state index is 13.3. The highest BCUT2D eigenvalue weighted by Crippen LogP contribution is 2.37. The zero-order chi connectivity index (χ0) is 35.1. The number of hydrogen-bond donors (Lipinski definition) is 8. The van der Waals surface area contributed by atoms with Crippen LogP contribution in [-0.2, 0) is 27.4 Å². The number of benzene rings is 2. The molecule has 2 atom stereocenters. The van der Waals surface area contributed by atoms with Crippen LogP contribution in [-0.4, -0.2) is 96.2 Å². The minimum absolute atomic E-state index is 0.0117. The van der Waals surface area contributed by atoms with Crippen molar-refractivity contribution >= 4 is 29.6 Å². The molecule has 0 saturated heterocycles. The van der Waals surface area contributed by atoms with Crippen molar-refractivity contribution in [1.29, 1.82) is 0 Å². The predicted octanol–water partition coefficient (Wildman–Crippen LogP) is 0.133. The molecule has 1 aliphatic heterocycles. The molecule has 0 unspecified atom stereocenters. The van der Waals surface area contributed by atoms with E-state index in [4.69, 9.17) is 16.2 Å². The number of amidine groups is 1. The van der Waals surface area contributed by atoms with Crippen molar-refractivity contribution in [1.82, 2.24) is 15.7 Å². The van der Waals surface area contributed by atoms with E-state index >= 15 is 0 Å². The van der Waals surface area contributed by atoms with Gasteiger partial charge >= 0.3 is 11.8 Å². The molecule has 2 amide bonds. The Morgan fingerprint density at radius 1 is 1.06 bits per heavy atom. The zero-order valence-corrected chi connectivity index (χ0v) is 26.8.